The lowest BCUT2D eigenvalue weighted by atomic mass is 9.82. The first-order valence-corrected chi connectivity index (χ1v) is 21.7. The number of Topliss-reactive ketones (excluding diaryl/α,β-unsaturated/α-hetero) is 2. The van der Waals surface area contributed by atoms with Crippen molar-refractivity contribution < 1.29 is 38.3 Å². The summed E-state index contributed by atoms with van der Waals surface area (Å²) in [4.78, 5) is 112. The molecule has 4 heterocycles. The van der Waals surface area contributed by atoms with Crippen LogP contribution in [-0.2, 0) is 24.0 Å². The SMILES string of the molecule is CCC[C@@]1(NC2CC2)C(=O)C(=O)N1C(=O)[C@@H]1C[C@@H](Oc2ncnc3ccccc23)CN1C(=O)[C@@H](NC(=O)[C@@H](NC(=O)c1[nH]c(C)c(C)c1C(C)=O)C1CCCCC1)C(C)(C)C. The fourth-order valence-corrected chi connectivity index (χ4v) is 9.34. The van der Waals surface area contributed by atoms with Crippen molar-refractivity contribution in [1.29, 1.82) is 0 Å². The van der Waals surface area contributed by atoms with Crippen LogP contribution in [0.3, 0.4) is 0 Å². The molecule has 4 aliphatic rings. The van der Waals surface area contributed by atoms with Crippen molar-refractivity contribution in [3.05, 3.63) is 53.1 Å². The van der Waals surface area contributed by atoms with Gasteiger partial charge in [0.25, 0.3) is 17.6 Å². The second-order valence-corrected chi connectivity index (χ2v) is 18.4. The van der Waals surface area contributed by atoms with E-state index in [4.69, 9.17) is 4.74 Å². The van der Waals surface area contributed by atoms with E-state index in [1.807, 2.05) is 31.2 Å². The van der Waals surface area contributed by atoms with Crippen molar-refractivity contribution >= 4 is 52.0 Å². The van der Waals surface area contributed by atoms with Gasteiger partial charge in [-0.2, -0.15) is 0 Å². The minimum Gasteiger partial charge on any atom is -0.472 e. The van der Waals surface area contributed by atoms with E-state index < -0.39 is 70.6 Å². The number of aryl methyl sites for hydroxylation is 1. The monoisotopic (exact) mass is 838 g/mol. The maximum absolute atomic E-state index is 15.2. The van der Waals surface area contributed by atoms with Gasteiger partial charge in [0.15, 0.2) is 11.4 Å². The molecule has 0 spiro atoms. The van der Waals surface area contributed by atoms with Crippen molar-refractivity contribution in [1.82, 2.24) is 40.7 Å². The van der Waals surface area contributed by atoms with Gasteiger partial charge in [-0.25, -0.2) is 14.9 Å². The molecule has 2 saturated carbocycles. The van der Waals surface area contributed by atoms with Crippen LogP contribution in [0.1, 0.15) is 131 Å². The Labute approximate surface area is 355 Å². The van der Waals surface area contributed by atoms with E-state index in [2.05, 4.69) is 30.9 Å². The summed E-state index contributed by atoms with van der Waals surface area (Å²) in [6.07, 6.45) is 6.98. The number of nitrogens with zero attached hydrogens (tertiary/aromatic N) is 4. The third kappa shape index (κ3) is 8.43. The second kappa shape index (κ2) is 17.1. The number of carbonyl (C=O) groups excluding carboxylic acids is 7. The highest BCUT2D eigenvalue weighted by Gasteiger charge is 2.65. The molecule has 5 amide bonds. The third-order valence-corrected chi connectivity index (χ3v) is 12.8. The van der Waals surface area contributed by atoms with Crippen molar-refractivity contribution in [2.24, 2.45) is 11.3 Å². The summed E-state index contributed by atoms with van der Waals surface area (Å²) in [6, 6.07) is 3.78. The molecule has 1 aromatic carbocycles. The number of ketones is 2. The van der Waals surface area contributed by atoms with Crippen LogP contribution in [-0.4, -0.2) is 108 Å². The Kier molecular flexibility index (Phi) is 12.2. The zero-order valence-corrected chi connectivity index (χ0v) is 36.2. The number of hydrogen-bond acceptors (Lipinski definition) is 11. The number of ether oxygens (including phenoxy) is 1. The maximum Gasteiger partial charge on any atom is 0.302 e. The average molecular weight is 839 g/mol. The Morgan fingerprint density at radius 3 is 2.34 bits per heavy atom. The number of para-hydroxylation sites is 1. The van der Waals surface area contributed by atoms with Crippen LogP contribution in [0, 0.1) is 25.2 Å². The molecule has 16 nitrogen and oxygen atoms in total. The Morgan fingerprint density at radius 2 is 1.69 bits per heavy atom. The summed E-state index contributed by atoms with van der Waals surface area (Å²) in [7, 11) is 0. The first-order valence-electron chi connectivity index (χ1n) is 21.7. The van der Waals surface area contributed by atoms with Crippen molar-refractivity contribution in [2.45, 2.75) is 149 Å². The summed E-state index contributed by atoms with van der Waals surface area (Å²) in [5, 5.41) is 9.84. The zero-order chi connectivity index (χ0) is 44.0. The predicted molar refractivity (Wildman–Crippen MR) is 224 cm³/mol. The van der Waals surface area contributed by atoms with E-state index in [0.717, 1.165) is 37.0 Å². The molecule has 4 N–H and O–H groups in total. The van der Waals surface area contributed by atoms with Crippen LogP contribution in [0.2, 0.25) is 0 Å². The molecular weight excluding hydrogens is 781 g/mol. The lowest BCUT2D eigenvalue weighted by Gasteiger charge is -2.50. The highest BCUT2D eigenvalue weighted by molar-refractivity contribution is 6.49. The topological polar surface area (TPSA) is 213 Å². The normalized spacial score (nSPS) is 23.1. The van der Waals surface area contributed by atoms with Crippen LogP contribution >= 0.6 is 0 Å². The third-order valence-electron chi connectivity index (χ3n) is 12.8. The standard InChI is InChI=1S/C45H58N8O8/c1-8-20-45(51-28-18-19-28)37(55)43(60)53(45)41(58)32-21-29(61-40-30-16-12-13-17-31(30)46-23-47-40)22-52(32)42(59)36(44(5,6)7)50-38(56)34(27-14-10-9-11-15-27)49-39(57)35-33(26(4)54)24(2)25(3)48-35/h12-13,16-17,23,27-29,32,34,36,48,51H,8-11,14-15,18-22H2,1-7H3,(H,49,57)(H,50,56)/t29-,32+,34+,36-,45+/m1/s1. The number of aromatic amines is 1. The summed E-state index contributed by atoms with van der Waals surface area (Å²) >= 11 is 0. The fraction of sp³-hybridized carbons (Fsp3) is 0.578. The molecule has 7 rings (SSSR count). The number of amides is 5. The van der Waals surface area contributed by atoms with Gasteiger partial charge >= 0.3 is 5.91 Å². The number of nitrogens with one attached hydrogen (secondary N) is 4. The van der Waals surface area contributed by atoms with Gasteiger partial charge in [-0.15, -0.1) is 0 Å². The van der Waals surface area contributed by atoms with Crippen molar-refractivity contribution in [2.75, 3.05) is 6.54 Å². The number of imide groups is 1. The molecule has 2 aliphatic carbocycles. The molecule has 5 atom stereocenters. The first kappa shape index (κ1) is 43.6. The van der Waals surface area contributed by atoms with Gasteiger partial charge in [0.2, 0.25) is 17.7 Å². The number of carbonyl (C=O) groups is 7. The number of likely N-dealkylation sites (tertiary alicyclic amines) is 2. The van der Waals surface area contributed by atoms with Gasteiger partial charge in [-0.05, 0) is 81.9 Å². The van der Waals surface area contributed by atoms with Crippen LogP contribution in [0.4, 0.5) is 0 Å². The summed E-state index contributed by atoms with van der Waals surface area (Å²) in [5.41, 5.74) is -0.135. The smallest absolute Gasteiger partial charge is 0.302 e. The highest BCUT2D eigenvalue weighted by atomic mass is 16.5. The molecule has 0 bridgehead atoms. The minimum atomic E-state index is -1.51. The summed E-state index contributed by atoms with van der Waals surface area (Å²) in [5.74, 6) is -4.34. The van der Waals surface area contributed by atoms with Crippen molar-refractivity contribution in [3.8, 4) is 5.88 Å². The minimum absolute atomic E-state index is 0.0143. The Balaban J connectivity index is 1.21. The largest absolute Gasteiger partial charge is 0.472 e. The molecule has 0 radical (unpaired) electrons. The van der Waals surface area contributed by atoms with E-state index in [0.29, 0.717) is 41.4 Å². The molecular formula is C45H58N8O8. The van der Waals surface area contributed by atoms with Gasteiger partial charge in [0, 0.05) is 18.2 Å². The van der Waals surface area contributed by atoms with Gasteiger partial charge in [-0.1, -0.05) is 65.5 Å². The Morgan fingerprint density at radius 1 is 0.984 bits per heavy atom. The quantitative estimate of drug-likeness (QED) is 0.0781. The molecule has 2 saturated heterocycles. The maximum atomic E-state index is 15.2. The van der Waals surface area contributed by atoms with Crippen LogP contribution < -0.4 is 20.7 Å². The first-order chi connectivity index (χ1) is 29.0. The predicted octanol–water partition coefficient (Wildman–Crippen LogP) is 4.22. The Hall–Kier alpha value is -5.51. The molecule has 61 heavy (non-hydrogen) atoms. The number of rotatable bonds is 14. The van der Waals surface area contributed by atoms with Crippen LogP contribution in [0.5, 0.6) is 5.88 Å². The number of benzene rings is 1. The van der Waals surface area contributed by atoms with E-state index in [9.17, 15) is 28.8 Å². The lowest BCUT2D eigenvalue weighted by Crippen LogP contribution is -2.81. The van der Waals surface area contributed by atoms with E-state index in [-0.39, 0.29) is 54.3 Å². The zero-order valence-electron chi connectivity index (χ0n) is 36.2. The number of H-pyrrole nitrogens is 1. The number of β-lactam (4-membered cyclic amide) rings is 1. The lowest BCUT2D eigenvalue weighted by molar-refractivity contribution is -0.182. The molecule has 3 aromatic rings. The van der Waals surface area contributed by atoms with E-state index in [1.54, 1.807) is 34.6 Å². The van der Waals surface area contributed by atoms with Crippen molar-refractivity contribution in [3.63, 3.8) is 0 Å². The molecule has 4 fully saturated rings. The van der Waals surface area contributed by atoms with Crippen LogP contribution in [0.25, 0.3) is 10.9 Å². The average Bonchev–Trinajstić information content (AvgIpc) is 3.86. The molecule has 0 unspecified atom stereocenters. The van der Waals surface area contributed by atoms with Gasteiger partial charge in [0.1, 0.15) is 36.3 Å². The molecule has 2 aliphatic heterocycles. The highest BCUT2D eigenvalue weighted by Crippen LogP contribution is 2.39. The fourth-order valence-electron chi connectivity index (χ4n) is 9.34. The Bertz CT molecular complexity index is 2250. The second-order valence-electron chi connectivity index (χ2n) is 18.4. The summed E-state index contributed by atoms with van der Waals surface area (Å²) in [6.45, 7) is 12.1. The number of hydrogen-bond donors (Lipinski definition) is 4. The summed E-state index contributed by atoms with van der Waals surface area (Å²) < 4.78 is 6.44. The molecule has 16 heteroatoms. The number of aromatic nitrogens is 3. The van der Waals surface area contributed by atoms with E-state index in [1.165, 1.54) is 18.2 Å². The van der Waals surface area contributed by atoms with Gasteiger partial charge < -0.3 is 25.3 Å². The number of fused-ring (bicyclic) bond motifs is 1. The molecule has 326 valence electrons. The van der Waals surface area contributed by atoms with Gasteiger partial charge in [-0.3, -0.25) is 38.9 Å². The van der Waals surface area contributed by atoms with E-state index >= 15 is 4.79 Å². The molecule has 2 aromatic heterocycles. The van der Waals surface area contributed by atoms with Gasteiger partial charge in [0.05, 0.1) is 23.0 Å². The van der Waals surface area contributed by atoms with Crippen LogP contribution in [0.15, 0.2) is 30.6 Å².